The van der Waals surface area contributed by atoms with E-state index >= 15 is 0 Å². The Bertz CT molecular complexity index is 1000. The number of amides is 2. The molecule has 170 valence electrons. The monoisotopic (exact) mass is 465 g/mol. The molecule has 5 atom stereocenters. The van der Waals surface area contributed by atoms with Gasteiger partial charge in [0, 0.05) is 28.9 Å². The predicted molar refractivity (Wildman–Crippen MR) is 113 cm³/mol. The molecule has 2 aliphatic carbocycles. The molecular weight excluding hydrogens is 443 g/mol. The topological polar surface area (TPSA) is 71.1 Å². The van der Waals surface area contributed by atoms with E-state index in [1.165, 1.54) is 6.20 Å². The number of hydrogen-bond donors (Lipinski definition) is 2. The van der Waals surface area contributed by atoms with Gasteiger partial charge in [0.25, 0.3) is 11.8 Å². The molecule has 4 rings (SSSR count). The maximum Gasteiger partial charge on any atom is 0.418 e. The molecule has 1 aromatic heterocycles. The Morgan fingerprint density at radius 2 is 1.78 bits per heavy atom. The summed E-state index contributed by atoms with van der Waals surface area (Å²) >= 11 is 5.87. The van der Waals surface area contributed by atoms with E-state index in [2.05, 4.69) is 15.6 Å². The zero-order valence-electron chi connectivity index (χ0n) is 17.3. The normalized spacial score (nSPS) is 25.0. The third-order valence-corrected chi connectivity index (χ3v) is 6.75. The van der Waals surface area contributed by atoms with Crippen LogP contribution < -0.4 is 10.6 Å². The van der Waals surface area contributed by atoms with E-state index in [0.29, 0.717) is 41.2 Å². The summed E-state index contributed by atoms with van der Waals surface area (Å²) in [6.07, 6.45) is -1.32. The van der Waals surface area contributed by atoms with Crippen molar-refractivity contribution in [2.24, 2.45) is 17.8 Å². The molecule has 0 saturated heterocycles. The lowest BCUT2D eigenvalue weighted by Gasteiger charge is -2.22. The van der Waals surface area contributed by atoms with Crippen molar-refractivity contribution in [3.05, 3.63) is 64.4 Å². The summed E-state index contributed by atoms with van der Waals surface area (Å²) in [5, 5.41) is 6.37. The SMILES string of the molecule is CCC(NC(=O)c1ccc(Cl)cc1)[C@H]1[C@@H]2C[C@@H](NC(=O)c3ncccc3C(F)(F)F)C[C@@H]21. The average molecular weight is 466 g/mol. The van der Waals surface area contributed by atoms with Crippen LogP contribution >= 0.6 is 11.6 Å². The number of pyridine rings is 1. The molecule has 1 unspecified atom stereocenters. The smallest absolute Gasteiger partial charge is 0.349 e. The highest BCUT2D eigenvalue weighted by atomic mass is 35.5. The van der Waals surface area contributed by atoms with Crippen LogP contribution in [-0.2, 0) is 6.18 Å². The van der Waals surface area contributed by atoms with Crippen molar-refractivity contribution in [3.63, 3.8) is 0 Å². The van der Waals surface area contributed by atoms with Crippen LogP contribution in [0.2, 0.25) is 5.02 Å². The molecule has 0 bridgehead atoms. The maximum atomic E-state index is 13.2. The number of carbonyl (C=O) groups is 2. The molecule has 2 fully saturated rings. The molecule has 2 saturated carbocycles. The van der Waals surface area contributed by atoms with Gasteiger partial charge in [0.15, 0.2) is 0 Å². The summed E-state index contributed by atoms with van der Waals surface area (Å²) in [6.45, 7) is 2.01. The summed E-state index contributed by atoms with van der Waals surface area (Å²) in [5.74, 6) is 0.0233. The van der Waals surface area contributed by atoms with Crippen molar-refractivity contribution >= 4 is 23.4 Å². The van der Waals surface area contributed by atoms with E-state index in [1.54, 1.807) is 24.3 Å². The molecule has 32 heavy (non-hydrogen) atoms. The standard InChI is InChI=1S/C23H23ClF3N3O2/c1-2-18(30-21(31)12-5-7-13(24)8-6-12)19-15-10-14(11-16(15)19)29-22(32)20-17(23(25,26)27)4-3-9-28-20/h3-9,14-16,18-19H,2,10-11H2,1H3,(H,29,32)(H,30,31)/t14-,15-,16+,18?,19+. The Hall–Kier alpha value is -2.61. The number of hydrogen-bond acceptors (Lipinski definition) is 3. The summed E-state index contributed by atoms with van der Waals surface area (Å²) in [7, 11) is 0. The first-order chi connectivity index (χ1) is 15.2. The largest absolute Gasteiger partial charge is 0.418 e. The summed E-state index contributed by atoms with van der Waals surface area (Å²) < 4.78 is 39.5. The van der Waals surface area contributed by atoms with Crippen molar-refractivity contribution in [3.8, 4) is 0 Å². The third kappa shape index (κ3) is 4.60. The molecule has 5 nitrogen and oxygen atoms in total. The van der Waals surface area contributed by atoms with Crippen LogP contribution in [0.25, 0.3) is 0 Å². The number of rotatable bonds is 6. The molecule has 2 aromatic rings. The zero-order chi connectivity index (χ0) is 23.0. The molecular formula is C23H23ClF3N3O2. The predicted octanol–water partition coefficient (Wildman–Crippen LogP) is 4.72. The van der Waals surface area contributed by atoms with Crippen LogP contribution in [0, 0.1) is 17.8 Å². The minimum absolute atomic E-state index is 0.0115. The molecule has 1 heterocycles. The van der Waals surface area contributed by atoms with Gasteiger partial charge in [-0.15, -0.1) is 0 Å². The second-order valence-corrected chi connectivity index (χ2v) is 8.88. The van der Waals surface area contributed by atoms with Crippen LogP contribution in [0.15, 0.2) is 42.6 Å². The second-order valence-electron chi connectivity index (χ2n) is 8.44. The third-order valence-electron chi connectivity index (χ3n) is 6.50. The quantitative estimate of drug-likeness (QED) is 0.648. The van der Waals surface area contributed by atoms with Gasteiger partial charge >= 0.3 is 6.18 Å². The molecule has 2 N–H and O–H groups in total. The van der Waals surface area contributed by atoms with Gasteiger partial charge in [-0.3, -0.25) is 14.6 Å². The number of halogens is 4. The van der Waals surface area contributed by atoms with Gasteiger partial charge in [-0.05, 0) is 73.4 Å². The zero-order valence-corrected chi connectivity index (χ0v) is 18.1. The lowest BCUT2D eigenvalue weighted by Crippen LogP contribution is -2.40. The average Bonchev–Trinajstić information content (AvgIpc) is 3.25. The van der Waals surface area contributed by atoms with Crippen molar-refractivity contribution < 1.29 is 22.8 Å². The fourth-order valence-corrected chi connectivity index (χ4v) is 5.12. The van der Waals surface area contributed by atoms with Gasteiger partial charge in [-0.25, -0.2) is 0 Å². The molecule has 9 heteroatoms. The van der Waals surface area contributed by atoms with Gasteiger partial charge in [-0.1, -0.05) is 18.5 Å². The van der Waals surface area contributed by atoms with E-state index in [1.807, 2.05) is 6.92 Å². The molecule has 2 amide bonds. The first-order valence-corrected chi connectivity index (χ1v) is 11.0. The maximum absolute atomic E-state index is 13.2. The van der Waals surface area contributed by atoms with Crippen LogP contribution in [0.3, 0.4) is 0 Å². The van der Waals surface area contributed by atoms with Gasteiger partial charge in [0.2, 0.25) is 0 Å². The van der Waals surface area contributed by atoms with Crippen molar-refractivity contribution in [1.29, 1.82) is 0 Å². The number of alkyl halides is 3. The van der Waals surface area contributed by atoms with Gasteiger partial charge < -0.3 is 10.6 Å². The fourth-order valence-electron chi connectivity index (χ4n) is 5.00. The number of benzene rings is 1. The minimum Gasteiger partial charge on any atom is -0.349 e. The summed E-state index contributed by atoms with van der Waals surface area (Å²) in [6, 6.07) is 8.54. The number of carbonyl (C=O) groups excluding carboxylic acids is 2. The number of fused-ring (bicyclic) bond motifs is 1. The number of nitrogens with zero attached hydrogens (tertiary/aromatic N) is 1. The lowest BCUT2D eigenvalue weighted by molar-refractivity contribution is -0.138. The number of aromatic nitrogens is 1. The van der Waals surface area contributed by atoms with Crippen LogP contribution in [-0.4, -0.2) is 28.9 Å². The minimum atomic E-state index is -4.64. The fraction of sp³-hybridized carbons (Fsp3) is 0.435. The van der Waals surface area contributed by atoms with Crippen LogP contribution in [0.1, 0.15) is 52.6 Å². The Balaban J connectivity index is 1.33. The Morgan fingerprint density at radius 3 is 2.38 bits per heavy atom. The van der Waals surface area contributed by atoms with E-state index in [-0.39, 0.29) is 18.0 Å². The Labute approximate surface area is 188 Å². The molecule has 0 aliphatic heterocycles. The molecule has 0 spiro atoms. The Morgan fingerprint density at radius 1 is 1.12 bits per heavy atom. The van der Waals surface area contributed by atoms with Crippen molar-refractivity contribution in [1.82, 2.24) is 15.6 Å². The van der Waals surface area contributed by atoms with Gasteiger partial charge in [0.05, 0.1) is 5.56 Å². The lowest BCUT2D eigenvalue weighted by atomic mass is 9.98. The molecule has 1 aromatic carbocycles. The highest BCUT2D eigenvalue weighted by Crippen LogP contribution is 2.59. The van der Waals surface area contributed by atoms with Crippen LogP contribution in [0.4, 0.5) is 13.2 Å². The highest BCUT2D eigenvalue weighted by Gasteiger charge is 2.58. The van der Waals surface area contributed by atoms with Gasteiger partial charge in [-0.2, -0.15) is 13.2 Å². The summed E-state index contributed by atoms with van der Waals surface area (Å²) in [5.41, 5.74) is -1.09. The first-order valence-electron chi connectivity index (χ1n) is 10.6. The van der Waals surface area contributed by atoms with E-state index in [0.717, 1.165) is 18.6 Å². The molecule has 2 aliphatic rings. The molecule has 0 radical (unpaired) electrons. The highest BCUT2D eigenvalue weighted by molar-refractivity contribution is 6.30. The van der Waals surface area contributed by atoms with Crippen LogP contribution in [0.5, 0.6) is 0 Å². The first kappa shape index (κ1) is 22.6. The van der Waals surface area contributed by atoms with Crippen molar-refractivity contribution in [2.45, 2.75) is 44.4 Å². The van der Waals surface area contributed by atoms with E-state index in [4.69, 9.17) is 11.6 Å². The number of nitrogens with one attached hydrogen (secondary N) is 2. The van der Waals surface area contributed by atoms with Crippen molar-refractivity contribution in [2.75, 3.05) is 0 Å². The summed E-state index contributed by atoms with van der Waals surface area (Å²) in [4.78, 5) is 28.6. The Kier molecular flexibility index (Phi) is 6.16. The second kappa shape index (κ2) is 8.73. The van der Waals surface area contributed by atoms with E-state index in [9.17, 15) is 22.8 Å². The van der Waals surface area contributed by atoms with E-state index < -0.39 is 23.3 Å². The van der Waals surface area contributed by atoms with Gasteiger partial charge in [0.1, 0.15) is 5.69 Å².